The van der Waals surface area contributed by atoms with Gasteiger partial charge in [0.05, 0.1) is 27.4 Å². The highest BCUT2D eigenvalue weighted by Gasteiger charge is 2.52. The van der Waals surface area contributed by atoms with E-state index in [0.717, 1.165) is 84.5 Å². The standard InChI is InChI=1S/C53H55NO7/c1-4-47(55)60-33-32-59-39-14-10-37(11-15-39)53(36-8-12-38(13-9-36)54-28-30-58-31-29-54)23-20-44-49-48(42-18-16-40(56-2)34-45(42)50(44)61-53)43-19-17-41(57-3)35-46(43)52(49)26-24-51(25-27-52)21-6-5-7-22-51/h4,8-20,23,34-35H,1,5-7,21-22,24-33H2,2-3H3. The predicted octanol–water partition coefficient (Wildman–Crippen LogP) is 10.9. The Morgan fingerprint density at radius 1 is 0.754 bits per heavy atom. The Morgan fingerprint density at radius 3 is 2.13 bits per heavy atom. The number of carbonyl (C=O) groups is 1. The Labute approximate surface area is 359 Å². The van der Waals surface area contributed by atoms with Crippen molar-refractivity contribution in [1.29, 1.82) is 0 Å². The Kier molecular flexibility index (Phi) is 10.3. The molecule has 5 aromatic rings. The van der Waals surface area contributed by atoms with Crippen LogP contribution in [0.15, 0.2) is 104 Å². The van der Waals surface area contributed by atoms with Crippen molar-refractivity contribution < 1.29 is 33.2 Å². The van der Waals surface area contributed by atoms with Crippen molar-refractivity contribution >= 4 is 28.5 Å². The van der Waals surface area contributed by atoms with Crippen LogP contribution in [0, 0.1) is 5.41 Å². The van der Waals surface area contributed by atoms with Gasteiger partial charge in [0, 0.05) is 52.3 Å². The summed E-state index contributed by atoms with van der Waals surface area (Å²) in [6, 6.07) is 30.2. The number of fused-ring (bicyclic) bond motifs is 10. The number of esters is 1. The molecule has 1 saturated heterocycles. The maximum atomic E-state index is 11.6. The van der Waals surface area contributed by atoms with E-state index in [-0.39, 0.29) is 18.6 Å². The van der Waals surface area contributed by atoms with Gasteiger partial charge in [0.15, 0.2) is 5.60 Å². The first kappa shape index (κ1) is 39.4. The summed E-state index contributed by atoms with van der Waals surface area (Å²) in [5.41, 5.74) is 8.99. The average Bonchev–Trinajstić information content (AvgIpc) is 3.60. The van der Waals surface area contributed by atoms with E-state index in [9.17, 15) is 4.79 Å². The lowest BCUT2D eigenvalue weighted by atomic mass is 9.56. The zero-order chi connectivity index (χ0) is 41.6. The third-order valence-corrected chi connectivity index (χ3v) is 14.5. The molecule has 3 fully saturated rings. The maximum absolute atomic E-state index is 11.6. The van der Waals surface area contributed by atoms with Crippen molar-refractivity contribution in [2.45, 2.75) is 68.8 Å². The molecule has 2 spiro atoms. The molecule has 61 heavy (non-hydrogen) atoms. The fourth-order valence-electron chi connectivity index (χ4n) is 11.3. The van der Waals surface area contributed by atoms with Crippen LogP contribution >= 0.6 is 0 Å². The zero-order valence-electron chi connectivity index (χ0n) is 35.4. The van der Waals surface area contributed by atoms with Crippen LogP contribution in [0.25, 0.3) is 28.0 Å². The molecule has 2 heterocycles. The fourth-order valence-corrected chi connectivity index (χ4v) is 11.3. The highest BCUT2D eigenvalue weighted by Crippen LogP contribution is 2.65. The molecule has 314 valence electrons. The molecule has 0 amide bonds. The molecule has 8 nitrogen and oxygen atoms in total. The normalized spacial score (nSPS) is 20.7. The van der Waals surface area contributed by atoms with Crippen molar-refractivity contribution in [3.63, 3.8) is 0 Å². The number of hydrogen-bond donors (Lipinski definition) is 0. The minimum Gasteiger partial charge on any atom is -0.497 e. The summed E-state index contributed by atoms with van der Waals surface area (Å²) >= 11 is 0. The van der Waals surface area contributed by atoms with Crippen molar-refractivity contribution in [3.05, 3.63) is 131 Å². The summed E-state index contributed by atoms with van der Waals surface area (Å²) in [6.45, 7) is 7.00. The van der Waals surface area contributed by atoms with E-state index in [1.807, 2.05) is 12.1 Å². The highest BCUT2D eigenvalue weighted by atomic mass is 16.6. The molecule has 0 N–H and O–H groups in total. The van der Waals surface area contributed by atoms with Crippen LogP contribution in [-0.4, -0.2) is 59.7 Å². The maximum Gasteiger partial charge on any atom is 0.330 e. The number of nitrogens with zero attached hydrogens (tertiary/aromatic N) is 1. The van der Waals surface area contributed by atoms with E-state index in [1.54, 1.807) is 14.2 Å². The third-order valence-electron chi connectivity index (χ3n) is 14.5. The second kappa shape index (κ2) is 15.9. The molecule has 3 aliphatic carbocycles. The van der Waals surface area contributed by atoms with Gasteiger partial charge in [-0.3, -0.25) is 0 Å². The smallest absolute Gasteiger partial charge is 0.330 e. The van der Waals surface area contributed by atoms with E-state index in [2.05, 4.69) is 96.4 Å². The average molecular weight is 818 g/mol. The molecular formula is C53H55NO7. The summed E-state index contributed by atoms with van der Waals surface area (Å²) in [6.07, 6.45) is 17.2. The summed E-state index contributed by atoms with van der Waals surface area (Å²) < 4.78 is 36.4. The molecule has 0 aromatic heterocycles. The lowest BCUT2D eigenvalue weighted by Crippen LogP contribution is -2.39. The van der Waals surface area contributed by atoms with E-state index >= 15 is 0 Å². The molecule has 1 unspecified atom stereocenters. The van der Waals surface area contributed by atoms with Crippen molar-refractivity contribution in [3.8, 4) is 34.1 Å². The van der Waals surface area contributed by atoms with Crippen LogP contribution in [0.2, 0.25) is 0 Å². The molecule has 10 rings (SSSR count). The summed E-state index contributed by atoms with van der Waals surface area (Å²) in [5, 5.41) is 2.20. The van der Waals surface area contributed by atoms with E-state index in [0.29, 0.717) is 11.2 Å². The molecule has 2 aliphatic heterocycles. The van der Waals surface area contributed by atoms with Crippen LogP contribution in [0.4, 0.5) is 5.69 Å². The van der Waals surface area contributed by atoms with Crippen LogP contribution in [0.3, 0.4) is 0 Å². The monoisotopic (exact) mass is 817 g/mol. The minimum atomic E-state index is -0.973. The van der Waals surface area contributed by atoms with Crippen molar-refractivity contribution in [2.75, 3.05) is 58.6 Å². The Morgan fingerprint density at radius 2 is 1.43 bits per heavy atom. The topological polar surface area (TPSA) is 75.7 Å². The van der Waals surface area contributed by atoms with Crippen LogP contribution in [-0.2, 0) is 25.3 Å². The lowest BCUT2D eigenvalue weighted by Gasteiger charge is -2.48. The molecule has 0 radical (unpaired) electrons. The number of methoxy groups -OCH3 is 2. The SMILES string of the molecule is C=CC(=O)OCCOc1ccc(C2(c3ccc(N4CCOCC4)cc3)C=Cc3c4c(c5ccc(OC)cc5c3O2)-c2ccc(OC)cc2C42CCC3(CCCCC3)CC2)cc1. The number of ether oxygens (including phenoxy) is 6. The number of morpholine rings is 1. The quantitative estimate of drug-likeness (QED) is 0.0784. The van der Waals surface area contributed by atoms with Gasteiger partial charge in [0.1, 0.15) is 36.2 Å². The van der Waals surface area contributed by atoms with Gasteiger partial charge in [-0.1, -0.05) is 62.2 Å². The van der Waals surface area contributed by atoms with E-state index in [4.69, 9.17) is 28.4 Å². The van der Waals surface area contributed by atoms with Gasteiger partial charge in [-0.05, 0) is 132 Å². The number of rotatable bonds is 10. The number of benzene rings is 5. The van der Waals surface area contributed by atoms with E-state index in [1.165, 1.54) is 78.3 Å². The first-order valence-corrected chi connectivity index (χ1v) is 22.1. The summed E-state index contributed by atoms with van der Waals surface area (Å²) in [7, 11) is 3.51. The molecule has 0 bridgehead atoms. The first-order chi connectivity index (χ1) is 29.9. The van der Waals surface area contributed by atoms with Gasteiger partial charge < -0.3 is 33.3 Å². The molecule has 5 aliphatic rings. The van der Waals surface area contributed by atoms with Crippen LogP contribution < -0.4 is 23.8 Å². The van der Waals surface area contributed by atoms with Gasteiger partial charge in [-0.25, -0.2) is 4.79 Å². The van der Waals surface area contributed by atoms with Gasteiger partial charge >= 0.3 is 5.97 Å². The third kappa shape index (κ3) is 6.74. The highest BCUT2D eigenvalue weighted by molar-refractivity contribution is 6.09. The van der Waals surface area contributed by atoms with Crippen LogP contribution in [0.5, 0.6) is 23.0 Å². The van der Waals surface area contributed by atoms with Crippen molar-refractivity contribution in [2.24, 2.45) is 5.41 Å². The zero-order valence-corrected chi connectivity index (χ0v) is 35.4. The summed E-state index contributed by atoms with van der Waals surface area (Å²) in [4.78, 5) is 14.0. The van der Waals surface area contributed by atoms with Gasteiger partial charge in [0.25, 0.3) is 0 Å². The Bertz CT molecular complexity index is 2480. The van der Waals surface area contributed by atoms with Crippen LogP contribution in [0.1, 0.15) is 85.6 Å². The summed E-state index contributed by atoms with van der Waals surface area (Å²) in [5.74, 6) is 2.76. The second-order valence-electron chi connectivity index (χ2n) is 17.5. The Balaban J connectivity index is 1.13. The van der Waals surface area contributed by atoms with Gasteiger partial charge in [0.2, 0.25) is 0 Å². The molecule has 8 heteroatoms. The Hall–Kier alpha value is -5.73. The number of anilines is 1. The largest absolute Gasteiger partial charge is 0.497 e. The lowest BCUT2D eigenvalue weighted by molar-refractivity contribution is -0.138. The number of hydrogen-bond acceptors (Lipinski definition) is 8. The van der Waals surface area contributed by atoms with Crippen molar-refractivity contribution in [1.82, 2.24) is 0 Å². The van der Waals surface area contributed by atoms with Gasteiger partial charge in [-0.2, -0.15) is 0 Å². The van der Waals surface area contributed by atoms with Gasteiger partial charge in [-0.15, -0.1) is 0 Å². The molecule has 2 saturated carbocycles. The van der Waals surface area contributed by atoms with E-state index < -0.39 is 11.6 Å². The minimum absolute atomic E-state index is 0.134. The molecule has 1 atom stereocenters. The fraction of sp³-hybridized carbons (Fsp3) is 0.377. The first-order valence-electron chi connectivity index (χ1n) is 22.1. The second-order valence-corrected chi connectivity index (χ2v) is 17.5. The predicted molar refractivity (Wildman–Crippen MR) is 240 cm³/mol. The number of carbonyl (C=O) groups excluding carboxylic acids is 1. The molecule has 5 aromatic carbocycles. The molecular weight excluding hydrogens is 763 g/mol.